The normalized spacial score (nSPS) is 30.8. The average Bonchev–Trinajstić information content (AvgIpc) is 3.10. The number of amides is 1. The Balaban J connectivity index is 0. The summed E-state index contributed by atoms with van der Waals surface area (Å²) in [5.74, 6) is 0.463. The Bertz CT molecular complexity index is 516. The van der Waals surface area contributed by atoms with Crippen molar-refractivity contribution >= 4 is 5.91 Å². The van der Waals surface area contributed by atoms with E-state index in [4.69, 9.17) is 14.2 Å². The molecule has 7 atom stereocenters. The molecule has 0 aromatic heterocycles. The highest BCUT2D eigenvalue weighted by atomic mass is 16.7. The standard InChI is InChI=1S/C19H35NO8.C4H10.2CH4/c1-12-17(24)18(25)15(10-21)28-19(12)27-7-5-3-4-6-16(23)20-9-14(22)8-13(20)11-26-2;1-4(2)3;;/h12-15,17-19,21-22,24-25H,3-11H2,1-2H3;4H,1-3H3;2*1H4/t12?,13-,14+,15?,17+,18-,19+;;;/m0.../s1. The highest BCUT2D eigenvalue weighted by molar-refractivity contribution is 5.76. The summed E-state index contributed by atoms with van der Waals surface area (Å²) in [7, 11) is 1.59. The van der Waals surface area contributed by atoms with Gasteiger partial charge in [0.25, 0.3) is 0 Å². The summed E-state index contributed by atoms with van der Waals surface area (Å²) in [4.78, 5) is 14.1. The Morgan fingerprint density at radius 1 is 1.09 bits per heavy atom. The molecule has 0 aliphatic carbocycles. The number of unbranched alkanes of at least 4 members (excludes halogenated alkanes) is 2. The van der Waals surface area contributed by atoms with Crippen molar-refractivity contribution in [1.82, 2.24) is 4.90 Å². The van der Waals surface area contributed by atoms with Crippen LogP contribution in [0.15, 0.2) is 0 Å². The molecule has 1 amide bonds. The lowest BCUT2D eigenvalue weighted by Crippen LogP contribution is -2.55. The lowest BCUT2D eigenvalue weighted by Gasteiger charge is -2.40. The van der Waals surface area contributed by atoms with Crippen LogP contribution in [0.1, 0.15) is 74.7 Å². The van der Waals surface area contributed by atoms with Gasteiger partial charge in [-0.1, -0.05) is 49.0 Å². The molecule has 34 heavy (non-hydrogen) atoms. The number of carbonyl (C=O) groups excluding carboxylic acids is 1. The van der Waals surface area contributed by atoms with Crippen LogP contribution in [0.3, 0.4) is 0 Å². The van der Waals surface area contributed by atoms with E-state index in [1.165, 1.54) is 0 Å². The van der Waals surface area contributed by atoms with Crippen LogP contribution in [0.2, 0.25) is 0 Å². The van der Waals surface area contributed by atoms with Crippen LogP contribution in [-0.4, -0.2) is 101 Å². The quantitative estimate of drug-likeness (QED) is 0.340. The van der Waals surface area contributed by atoms with Crippen molar-refractivity contribution in [3.05, 3.63) is 0 Å². The van der Waals surface area contributed by atoms with Crippen LogP contribution >= 0.6 is 0 Å². The van der Waals surface area contributed by atoms with Gasteiger partial charge in [0.05, 0.1) is 31.5 Å². The summed E-state index contributed by atoms with van der Waals surface area (Å²) < 4.78 is 16.3. The van der Waals surface area contributed by atoms with Crippen molar-refractivity contribution in [2.75, 3.05) is 33.5 Å². The van der Waals surface area contributed by atoms with Gasteiger partial charge in [-0.15, -0.1) is 0 Å². The van der Waals surface area contributed by atoms with Gasteiger partial charge in [0.15, 0.2) is 6.29 Å². The van der Waals surface area contributed by atoms with Gasteiger partial charge in [0, 0.05) is 32.6 Å². The Labute approximate surface area is 207 Å². The van der Waals surface area contributed by atoms with Gasteiger partial charge < -0.3 is 39.5 Å². The molecular formula is C25H53NO8. The van der Waals surface area contributed by atoms with E-state index in [1.807, 2.05) is 0 Å². The van der Waals surface area contributed by atoms with E-state index in [0.29, 0.717) is 32.6 Å². The number of ether oxygens (including phenoxy) is 3. The Morgan fingerprint density at radius 2 is 1.71 bits per heavy atom. The zero-order valence-corrected chi connectivity index (χ0v) is 20.4. The molecule has 2 saturated heterocycles. The van der Waals surface area contributed by atoms with Crippen LogP contribution in [0.25, 0.3) is 0 Å². The summed E-state index contributed by atoms with van der Waals surface area (Å²) in [5, 5.41) is 38.8. The molecular weight excluding hydrogens is 442 g/mol. The number of aliphatic hydroxyl groups is 4. The minimum Gasteiger partial charge on any atom is -0.394 e. The predicted molar refractivity (Wildman–Crippen MR) is 133 cm³/mol. The molecule has 9 nitrogen and oxygen atoms in total. The summed E-state index contributed by atoms with van der Waals surface area (Å²) in [6.07, 6.45) is -0.936. The maximum absolute atomic E-state index is 12.4. The monoisotopic (exact) mass is 495 g/mol. The van der Waals surface area contributed by atoms with E-state index in [0.717, 1.165) is 25.2 Å². The van der Waals surface area contributed by atoms with Gasteiger partial charge in [-0.3, -0.25) is 4.79 Å². The van der Waals surface area contributed by atoms with Crippen LogP contribution < -0.4 is 0 Å². The summed E-state index contributed by atoms with van der Waals surface area (Å²) in [6.45, 7) is 9.05. The summed E-state index contributed by atoms with van der Waals surface area (Å²) in [6, 6.07) is -0.0537. The van der Waals surface area contributed by atoms with Gasteiger partial charge in [-0.2, -0.15) is 0 Å². The third-order valence-corrected chi connectivity index (χ3v) is 5.58. The van der Waals surface area contributed by atoms with E-state index in [2.05, 4.69) is 20.8 Å². The smallest absolute Gasteiger partial charge is 0.222 e. The molecule has 2 unspecified atom stereocenters. The van der Waals surface area contributed by atoms with Crippen molar-refractivity contribution in [3.63, 3.8) is 0 Å². The van der Waals surface area contributed by atoms with Gasteiger partial charge >= 0.3 is 0 Å². The molecule has 2 rings (SSSR count). The van der Waals surface area contributed by atoms with Gasteiger partial charge in [-0.25, -0.2) is 0 Å². The second-order valence-electron chi connectivity index (χ2n) is 9.52. The fraction of sp³-hybridized carbons (Fsp3) is 0.960. The van der Waals surface area contributed by atoms with Crippen LogP contribution in [0, 0.1) is 11.8 Å². The van der Waals surface area contributed by atoms with Gasteiger partial charge in [0.2, 0.25) is 5.91 Å². The fourth-order valence-corrected chi connectivity index (χ4v) is 3.86. The third kappa shape index (κ3) is 11.7. The van der Waals surface area contributed by atoms with Gasteiger partial charge in [0.1, 0.15) is 12.2 Å². The van der Waals surface area contributed by atoms with E-state index in [-0.39, 0.29) is 33.4 Å². The molecule has 0 aromatic carbocycles. The molecule has 2 fully saturated rings. The highest BCUT2D eigenvalue weighted by Gasteiger charge is 2.42. The van der Waals surface area contributed by atoms with Crippen LogP contribution in [0.5, 0.6) is 0 Å². The molecule has 2 heterocycles. The Morgan fingerprint density at radius 3 is 2.26 bits per heavy atom. The number of methoxy groups -OCH3 is 1. The van der Waals surface area contributed by atoms with E-state index in [9.17, 15) is 25.2 Å². The van der Waals surface area contributed by atoms with Crippen molar-refractivity contribution in [2.45, 2.75) is 111 Å². The van der Waals surface area contributed by atoms with Crippen molar-refractivity contribution in [2.24, 2.45) is 11.8 Å². The van der Waals surface area contributed by atoms with Crippen molar-refractivity contribution in [1.29, 1.82) is 0 Å². The molecule has 9 heteroatoms. The number of hydrogen-bond acceptors (Lipinski definition) is 8. The SMILES string of the molecule is C.C.CC(C)C.COC[C@@H]1C[C@@H](O)CN1C(=O)CCCCCO[C@@H]1OC(CO)[C@H](O)[C@H](O)C1C. The first-order valence-electron chi connectivity index (χ1n) is 11.8. The van der Waals surface area contributed by atoms with Crippen molar-refractivity contribution in [3.8, 4) is 0 Å². The van der Waals surface area contributed by atoms with Crippen LogP contribution in [0.4, 0.5) is 0 Å². The molecule has 4 N–H and O–H groups in total. The van der Waals surface area contributed by atoms with E-state index >= 15 is 0 Å². The molecule has 2 aliphatic rings. The van der Waals surface area contributed by atoms with Crippen molar-refractivity contribution < 1.29 is 39.4 Å². The maximum atomic E-state index is 12.4. The number of nitrogens with zero attached hydrogens (tertiary/aromatic N) is 1. The van der Waals surface area contributed by atoms with E-state index < -0.39 is 36.6 Å². The Kier molecular flexibility index (Phi) is 19.2. The number of β-amino-alcohol motifs (C(OH)–C–C–N with tert-alkyl or cyclic N) is 1. The molecule has 206 valence electrons. The predicted octanol–water partition coefficient (Wildman–Crippen LogP) is 2.18. The second-order valence-corrected chi connectivity index (χ2v) is 9.52. The topological polar surface area (TPSA) is 129 Å². The summed E-state index contributed by atoms with van der Waals surface area (Å²) >= 11 is 0. The number of hydrogen-bond donors (Lipinski definition) is 4. The molecule has 0 aromatic rings. The molecule has 2 aliphatic heterocycles. The zero-order chi connectivity index (χ0) is 24.3. The lowest BCUT2D eigenvalue weighted by atomic mass is 9.92. The molecule has 0 saturated carbocycles. The fourth-order valence-electron chi connectivity index (χ4n) is 3.86. The first-order chi connectivity index (χ1) is 15.1. The average molecular weight is 496 g/mol. The summed E-state index contributed by atoms with van der Waals surface area (Å²) in [5.41, 5.74) is 0. The lowest BCUT2D eigenvalue weighted by molar-refractivity contribution is -0.282. The second kappa shape index (κ2) is 18.5. The highest BCUT2D eigenvalue weighted by Crippen LogP contribution is 2.27. The minimum atomic E-state index is -1.13. The van der Waals surface area contributed by atoms with Gasteiger partial charge in [-0.05, 0) is 25.2 Å². The number of likely N-dealkylation sites (tertiary alicyclic amines) is 1. The minimum absolute atomic E-state index is 0. The third-order valence-electron chi connectivity index (χ3n) is 5.58. The number of aliphatic hydroxyl groups excluding tert-OH is 4. The Hall–Kier alpha value is -0.810. The molecule has 0 spiro atoms. The first kappa shape index (κ1) is 35.4. The van der Waals surface area contributed by atoms with Crippen LogP contribution in [-0.2, 0) is 19.0 Å². The molecule has 0 radical (unpaired) electrons. The number of carbonyl (C=O) groups is 1. The largest absolute Gasteiger partial charge is 0.394 e. The number of rotatable bonds is 10. The molecule has 0 bridgehead atoms. The first-order valence-corrected chi connectivity index (χ1v) is 11.8. The van der Waals surface area contributed by atoms with E-state index in [1.54, 1.807) is 18.9 Å². The zero-order valence-electron chi connectivity index (χ0n) is 20.4. The maximum Gasteiger partial charge on any atom is 0.222 e.